The third-order valence-corrected chi connectivity index (χ3v) is 1.27. The predicted octanol–water partition coefficient (Wildman–Crippen LogP) is 1.08. The van der Waals surface area contributed by atoms with E-state index in [2.05, 4.69) is 9.72 Å². The number of nitrogens with zero attached hydrogens (tertiary/aromatic N) is 1. The van der Waals surface area contributed by atoms with Crippen molar-refractivity contribution < 1.29 is 13.9 Å². The van der Waals surface area contributed by atoms with Gasteiger partial charge >= 0.3 is 5.97 Å². The van der Waals surface area contributed by atoms with Gasteiger partial charge in [0.2, 0.25) is 5.76 Å². The van der Waals surface area contributed by atoms with Gasteiger partial charge in [0.25, 0.3) is 0 Å². The van der Waals surface area contributed by atoms with Crippen molar-refractivity contribution in [3.8, 4) is 0 Å². The van der Waals surface area contributed by atoms with E-state index in [1.165, 1.54) is 7.11 Å². The molecule has 4 nitrogen and oxygen atoms in total. The number of esters is 1. The Hall–Kier alpha value is -1.32. The molecule has 0 spiro atoms. The minimum absolute atomic E-state index is 0.185. The summed E-state index contributed by atoms with van der Waals surface area (Å²) in [5, 5.41) is 0. The average Bonchev–Trinajstić information content (AvgIpc) is 2.28. The SMILES string of the molecule is COC(=O)c1oc(C)nc1C. The molecular weight excluding hydrogens is 146 g/mol. The molecule has 0 aliphatic carbocycles. The van der Waals surface area contributed by atoms with Crippen LogP contribution in [-0.4, -0.2) is 18.1 Å². The van der Waals surface area contributed by atoms with Crippen molar-refractivity contribution in [1.29, 1.82) is 0 Å². The van der Waals surface area contributed by atoms with Gasteiger partial charge in [-0.3, -0.25) is 0 Å². The lowest BCUT2D eigenvalue weighted by atomic mass is 10.4. The van der Waals surface area contributed by atoms with Gasteiger partial charge in [-0.2, -0.15) is 0 Å². The Balaban J connectivity index is 3.03. The number of aromatic nitrogens is 1. The lowest BCUT2D eigenvalue weighted by molar-refractivity contribution is 0.0562. The third kappa shape index (κ3) is 1.39. The quantitative estimate of drug-likeness (QED) is 0.569. The van der Waals surface area contributed by atoms with E-state index >= 15 is 0 Å². The minimum Gasteiger partial charge on any atom is -0.463 e. The summed E-state index contributed by atoms with van der Waals surface area (Å²) in [6, 6.07) is 0. The molecule has 1 heterocycles. The lowest BCUT2D eigenvalue weighted by Gasteiger charge is -1.92. The topological polar surface area (TPSA) is 52.3 Å². The highest BCUT2D eigenvalue weighted by Crippen LogP contribution is 2.09. The summed E-state index contributed by atoms with van der Waals surface area (Å²) < 4.78 is 9.44. The van der Waals surface area contributed by atoms with E-state index in [0.29, 0.717) is 11.6 Å². The van der Waals surface area contributed by atoms with Gasteiger partial charge in [-0.15, -0.1) is 0 Å². The molecule has 0 saturated carbocycles. The van der Waals surface area contributed by atoms with Crippen LogP contribution in [0.2, 0.25) is 0 Å². The molecule has 0 amide bonds. The summed E-state index contributed by atoms with van der Waals surface area (Å²) in [7, 11) is 1.31. The highest BCUT2D eigenvalue weighted by Gasteiger charge is 2.15. The highest BCUT2D eigenvalue weighted by molar-refractivity contribution is 5.87. The van der Waals surface area contributed by atoms with Gasteiger partial charge in [0.15, 0.2) is 5.89 Å². The highest BCUT2D eigenvalue weighted by atomic mass is 16.5. The molecule has 1 aromatic heterocycles. The minimum atomic E-state index is -0.483. The molecule has 0 aliphatic heterocycles. The van der Waals surface area contributed by atoms with Gasteiger partial charge in [0, 0.05) is 6.92 Å². The van der Waals surface area contributed by atoms with Crippen LogP contribution < -0.4 is 0 Å². The molecule has 0 N–H and O–H groups in total. The predicted molar refractivity (Wildman–Crippen MR) is 37.3 cm³/mol. The number of hydrogen-bond acceptors (Lipinski definition) is 4. The van der Waals surface area contributed by atoms with Crippen molar-refractivity contribution >= 4 is 5.97 Å². The van der Waals surface area contributed by atoms with Gasteiger partial charge in [0.1, 0.15) is 0 Å². The van der Waals surface area contributed by atoms with Crippen LogP contribution in [0.25, 0.3) is 0 Å². The van der Waals surface area contributed by atoms with Crippen molar-refractivity contribution in [2.24, 2.45) is 0 Å². The van der Waals surface area contributed by atoms with Crippen LogP contribution in [-0.2, 0) is 4.74 Å². The molecule has 0 atom stereocenters. The number of carbonyl (C=O) groups is 1. The maximum Gasteiger partial charge on any atom is 0.375 e. The Kier molecular flexibility index (Phi) is 1.94. The van der Waals surface area contributed by atoms with Gasteiger partial charge in [-0.05, 0) is 6.92 Å². The summed E-state index contributed by atoms with van der Waals surface area (Å²) in [5.41, 5.74) is 0.564. The molecule has 0 bridgehead atoms. The molecule has 0 aromatic carbocycles. The van der Waals surface area contributed by atoms with Gasteiger partial charge in [-0.25, -0.2) is 9.78 Å². The van der Waals surface area contributed by atoms with Gasteiger partial charge in [0.05, 0.1) is 12.8 Å². The molecule has 0 fully saturated rings. The smallest absolute Gasteiger partial charge is 0.375 e. The van der Waals surface area contributed by atoms with E-state index in [1.54, 1.807) is 13.8 Å². The number of aryl methyl sites for hydroxylation is 2. The molecule has 0 saturated heterocycles. The fourth-order valence-electron chi connectivity index (χ4n) is 0.813. The van der Waals surface area contributed by atoms with Crippen molar-refractivity contribution in [3.05, 3.63) is 17.3 Å². The van der Waals surface area contributed by atoms with Crippen LogP contribution in [0.5, 0.6) is 0 Å². The molecule has 1 aromatic rings. The number of carbonyl (C=O) groups excluding carboxylic acids is 1. The maximum absolute atomic E-state index is 10.9. The monoisotopic (exact) mass is 155 g/mol. The molecular formula is C7H9NO3. The molecule has 0 unspecified atom stereocenters. The summed E-state index contributed by atoms with van der Waals surface area (Å²) in [6.45, 7) is 3.38. The van der Waals surface area contributed by atoms with Crippen LogP contribution in [0.1, 0.15) is 22.1 Å². The molecule has 1 rings (SSSR count). The molecule has 0 aliphatic rings. The Bertz CT molecular complexity index is 277. The van der Waals surface area contributed by atoms with E-state index in [0.717, 1.165) is 0 Å². The Labute approximate surface area is 64.2 Å². The number of rotatable bonds is 1. The van der Waals surface area contributed by atoms with Crippen LogP contribution in [0.15, 0.2) is 4.42 Å². The Morgan fingerprint density at radius 3 is 2.55 bits per heavy atom. The number of oxazole rings is 1. The summed E-state index contributed by atoms with van der Waals surface area (Å²) in [4.78, 5) is 14.8. The normalized spacial score (nSPS) is 9.73. The van der Waals surface area contributed by atoms with Crippen LogP contribution in [0.3, 0.4) is 0 Å². The molecule has 11 heavy (non-hydrogen) atoms. The maximum atomic E-state index is 10.9. The number of ether oxygens (including phenoxy) is 1. The number of hydrogen-bond donors (Lipinski definition) is 0. The van der Waals surface area contributed by atoms with Crippen LogP contribution >= 0.6 is 0 Å². The molecule has 4 heteroatoms. The summed E-state index contributed by atoms with van der Waals surface area (Å²) >= 11 is 0. The summed E-state index contributed by atoms with van der Waals surface area (Å²) in [6.07, 6.45) is 0. The van der Waals surface area contributed by atoms with Crippen molar-refractivity contribution in [2.45, 2.75) is 13.8 Å². The van der Waals surface area contributed by atoms with Crippen LogP contribution in [0, 0.1) is 13.8 Å². The number of methoxy groups -OCH3 is 1. The zero-order valence-corrected chi connectivity index (χ0v) is 6.67. The van der Waals surface area contributed by atoms with E-state index in [4.69, 9.17) is 4.42 Å². The molecule has 0 radical (unpaired) electrons. The lowest BCUT2D eigenvalue weighted by Crippen LogP contribution is -2.00. The zero-order chi connectivity index (χ0) is 8.43. The van der Waals surface area contributed by atoms with E-state index < -0.39 is 5.97 Å². The standard InChI is InChI=1S/C7H9NO3/c1-4-6(7(9)10-3)11-5(2)8-4/h1-3H3. The average molecular weight is 155 g/mol. The van der Waals surface area contributed by atoms with E-state index in [1.807, 2.05) is 0 Å². The first-order chi connectivity index (χ1) is 5.15. The first-order valence-electron chi connectivity index (χ1n) is 3.17. The fourth-order valence-corrected chi connectivity index (χ4v) is 0.813. The van der Waals surface area contributed by atoms with Crippen LogP contribution in [0.4, 0.5) is 0 Å². The fraction of sp³-hybridized carbons (Fsp3) is 0.429. The summed E-state index contributed by atoms with van der Waals surface area (Å²) in [5.74, 6) is 0.177. The second-order valence-electron chi connectivity index (χ2n) is 2.14. The van der Waals surface area contributed by atoms with Gasteiger partial charge < -0.3 is 9.15 Å². The third-order valence-electron chi connectivity index (χ3n) is 1.27. The van der Waals surface area contributed by atoms with Crippen molar-refractivity contribution in [2.75, 3.05) is 7.11 Å². The first-order valence-corrected chi connectivity index (χ1v) is 3.17. The van der Waals surface area contributed by atoms with Crippen molar-refractivity contribution in [1.82, 2.24) is 4.98 Å². The molecule has 60 valence electrons. The van der Waals surface area contributed by atoms with E-state index in [9.17, 15) is 4.79 Å². The Morgan fingerprint density at radius 1 is 1.55 bits per heavy atom. The second-order valence-corrected chi connectivity index (χ2v) is 2.14. The van der Waals surface area contributed by atoms with Gasteiger partial charge in [-0.1, -0.05) is 0 Å². The van der Waals surface area contributed by atoms with Crippen molar-refractivity contribution in [3.63, 3.8) is 0 Å². The first kappa shape index (κ1) is 7.78. The zero-order valence-electron chi connectivity index (χ0n) is 6.67. The Morgan fingerprint density at radius 2 is 2.18 bits per heavy atom. The van der Waals surface area contributed by atoms with E-state index in [-0.39, 0.29) is 5.76 Å². The second kappa shape index (κ2) is 2.74. The largest absolute Gasteiger partial charge is 0.463 e.